The summed E-state index contributed by atoms with van der Waals surface area (Å²) >= 11 is 0. The van der Waals surface area contributed by atoms with E-state index in [-0.39, 0.29) is 18.5 Å². The van der Waals surface area contributed by atoms with Gasteiger partial charge in [-0.25, -0.2) is 4.39 Å². The summed E-state index contributed by atoms with van der Waals surface area (Å²) in [7, 11) is 0. The summed E-state index contributed by atoms with van der Waals surface area (Å²) in [6.45, 7) is 7.45. The molecule has 1 aliphatic rings. The monoisotopic (exact) mass is 296 g/mol. The van der Waals surface area contributed by atoms with E-state index in [0.29, 0.717) is 37.9 Å². The van der Waals surface area contributed by atoms with Crippen molar-refractivity contribution in [1.29, 1.82) is 0 Å². The van der Waals surface area contributed by atoms with Gasteiger partial charge in [0.25, 0.3) is 0 Å². The zero-order valence-corrected chi connectivity index (χ0v) is 12.8. The van der Waals surface area contributed by atoms with Crippen molar-refractivity contribution in [2.45, 2.75) is 26.4 Å². The Morgan fingerprint density at radius 2 is 2.29 bits per heavy atom. The molecule has 1 heterocycles. The fraction of sp³-hybridized carbons (Fsp3) is 0.625. The first kappa shape index (κ1) is 16.2. The molecule has 1 aromatic carbocycles. The summed E-state index contributed by atoms with van der Waals surface area (Å²) in [6, 6.07) is 5.15. The number of ether oxygens (including phenoxy) is 1. The van der Waals surface area contributed by atoms with E-state index in [1.165, 1.54) is 0 Å². The van der Waals surface area contributed by atoms with E-state index in [9.17, 15) is 9.50 Å². The summed E-state index contributed by atoms with van der Waals surface area (Å²) in [4.78, 5) is 1.89. The number of anilines is 1. The number of halogens is 1. The second-order valence-electron chi connectivity index (χ2n) is 5.92. The van der Waals surface area contributed by atoms with Crippen molar-refractivity contribution in [3.05, 3.63) is 29.6 Å². The molecule has 0 aliphatic carbocycles. The van der Waals surface area contributed by atoms with Crippen molar-refractivity contribution in [3.63, 3.8) is 0 Å². The zero-order valence-electron chi connectivity index (χ0n) is 12.8. The second kappa shape index (κ2) is 7.73. The minimum Gasteiger partial charge on any atom is -0.394 e. The lowest BCUT2D eigenvalue weighted by molar-refractivity contribution is 0.0723. The number of benzene rings is 1. The maximum atomic E-state index is 14.3. The number of nitrogens with one attached hydrogen (secondary N) is 1. The van der Waals surface area contributed by atoms with Gasteiger partial charge in [0.1, 0.15) is 5.82 Å². The number of morpholine rings is 1. The van der Waals surface area contributed by atoms with E-state index in [1.807, 2.05) is 11.0 Å². The number of aliphatic hydroxyl groups excluding tert-OH is 1. The van der Waals surface area contributed by atoms with Crippen molar-refractivity contribution < 1.29 is 14.2 Å². The van der Waals surface area contributed by atoms with Crippen molar-refractivity contribution in [2.24, 2.45) is 5.92 Å². The van der Waals surface area contributed by atoms with Gasteiger partial charge in [-0.05, 0) is 30.2 Å². The van der Waals surface area contributed by atoms with E-state index in [0.717, 1.165) is 12.1 Å². The summed E-state index contributed by atoms with van der Waals surface area (Å²) in [6.07, 6.45) is 0. The summed E-state index contributed by atoms with van der Waals surface area (Å²) in [5.41, 5.74) is 1.48. The van der Waals surface area contributed by atoms with Gasteiger partial charge in [0.15, 0.2) is 0 Å². The third-order valence-corrected chi connectivity index (χ3v) is 3.64. The van der Waals surface area contributed by atoms with Gasteiger partial charge in [0, 0.05) is 13.1 Å². The Labute approximate surface area is 125 Å². The molecule has 1 aliphatic heterocycles. The average Bonchev–Trinajstić information content (AvgIpc) is 2.47. The molecular formula is C16H25FN2O2. The smallest absolute Gasteiger partial charge is 0.146 e. The number of aliphatic hydroxyl groups is 1. The van der Waals surface area contributed by atoms with Gasteiger partial charge in [0.2, 0.25) is 0 Å². The lowest BCUT2D eigenvalue weighted by Crippen LogP contribution is -2.48. The van der Waals surface area contributed by atoms with Gasteiger partial charge < -0.3 is 20.1 Å². The highest BCUT2D eigenvalue weighted by Crippen LogP contribution is 2.24. The molecule has 0 aromatic heterocycles. The summed E-state index contributed by atoms with van der Waals surface area (Å²) < 4.78 is 19.7. The van der Waals surface area contributed by atoms with Crippen LogP contribution in [0, 0.1) is 11.7 Å². The van der Waals surface area contributed by atoms with E-state index in [2.05, 4.69) is 19.2 Å². The molecule has 118 valence electrons. The highest BCUT2D eigenvalue weighted by molar-refractivity contribution is 5.50. The van der Waals surface area contributed by atoms with Crippen molar-refractivity contribution in [2.75, 3.05) is 37.8 Å². The molecule has 1 atom stereocenters. The van der Waals surface area contributed by atoms with Crippen molar-refractivity contribution in [3.8, 4) is 0 Å². The molecule has 0 spiro atoms. The topological polar surface area (TPSA) is 44.7 Å². The Kier molecular flexibility index (Phi) is 5.96. The highest BCUT2D eigenvalue weighted by atomic mass is 19.1. The molecule has 2 rings (SSSR count). The van der Waals surface area contributed by atoms with Crippen molar-refractivity contribution >= 4 is 5.69 Å². The predicted molar refractivity (Wildman–Crippen MR) is 82.0 cm³/mol. The molecule has 1 saturated heterocycles. The van der Waals surface area contributed by atoms with E-state index >= 15 is 0 Å². The molecule has 1 unspecified atom stereocenters. The maximum Gasteiger partial charge on any atom is 0.146 e. The number of nitrogens with zero attached hydrogens (tertiary/aromatic N) is 1. The summed E-state index contributed by atoms with van der Waals surface area (Å²) in [5, 5.41) is 12.7. The largest absolute Gasteiger partial charge is 0.394 e. The van der Waals surface area contributed by atoms with Crippen LogP contribution < -0.4 is 10.2 Å². The minimum absolute atomic E-state index is 0.0306. The van der Waals surface area contributed by atoms with Crippen LogP contribution in [-0.2, 0) is 11.3 Å². The second-order valence-corrected chi connectivity index (χ2v) is 5.92. The molecule has 4 nitrogen and oxygen atoms in total. The molecule has 1 aromatic rings. The van der Waals surface area contributed by atoms with E-state index in [1.54, 1.807) is 12.1 Å². The highest BCUT2D eigenvalue weighted by Gasteiger charge is 2.24. The van der Waals surface area contributed by atoms with Crippen LogP contribution in [0.1, 0.15) is 19.4 Å². The summed E-state index contributed by atoms with van der Waals surface area (Å²) in [5.74, 6) is 0.340. The van der Waals surface area contributed by atoms with Crippen LogP contribution in [0.4, 0.5) is 10.1 Å². The lowest BCUT2D eigenvalue weighted by Gasteiger charge is -2.36. The Hall–Kier alpha value is -1.17. The first-order valence-corrected chi connectivity index (χ1v) is 7.56. The molecule has 0 saturated carbocycles. The van der Waals surface area contributed by atoms with Gasteiger partial charge in [-0.15, -0.1) is 0 Å². The van der Waals surface area contributed by atoms with Gasteiger partial charge in [-0.3, -0.25) is 0 Å². The Bertz CT molecular complexity index is 454. The minimum atomic E-state index is -0.237. The molecular weight excluding hydrogens is 271 g/mol. The van der Waals surface area contributed by atoms with Crippen LogP contribution in [-0.4, -0.2) is 44.1 Å². The van der Waals surface area contributed by atoms with Gasteiger partial charge in [-0.1, -0.05) is 19.9 Å². The average molecular weight is 296 g/mol. The third kappa shape index (κ3) is 4.40. The molecule has 2 N–H and O–H groups in total. The molecule has 21 heavy (non-hydrogen) atoms. The van der Waals surface area contributed by atoms with E-state index in [4.69, 9.17) is 4.74 Å². The number of hydrogen-bond donors (Lipinski definition) is 2. The third-order valence-electron chi connectivity index (χ3n) is 3.64. The van der Waals surface area contributed by atoms with Crippen LogP contribution >= 0.6 is 0 Å². The van der Waals surface area contributed by atoms with Crippen LogP contribution in [0.3, 0.4) is 0 Å². The van der Waals surface area contributed by atoms with Gasteiger partial charge in [-0.2, -0.15) is 0 Å². The normalized spacial score (nSPS) is 19.3. The number of rotatable bonds is 6. The van der Waals surface area contributed by atoms with Crippen LogP contribution in [0.5, 0.6) is 0 Å². The van der Waals surface area contributed by atoms with Crippen molar-refractivity contribution in [1.82, 2.24) is 5.32 Å². The molecule has 5 heteroatoms. The van der Waals surface area contributed by atoms with Gasteiger partial charge >= 0.3 is 0 Å². The quantitative estimate of drug-likeness (QED) is 0.840. The maximum absolute atomic E-state index is 14.3. The lowest BCUT2D eigenvalue weighted by atomic mass is 10.1. The fourth-order valence-corrected chi connectivity index (χ4v) is 2.52. The SMILES string of the molecule is CC(C)CNCc1ccc(N2CCOCC2CO)c(F)c1. The molecule has 1 fully saturated rings. The Morgan fingerprint density at radius 1 is 1.48 bits per heavy atom. The first-order chi connectivity index (χ1) is 10.1. The standard InChI is InChI=1S/C16H25FN2O2/c1-12(2)8-18-9-13-3-4-16(15(17)7-13)19-5-6-21-11-14(19)10-20/h3-4,7,12,14,18,20H,5-6,8-11H2,1-2H3. The first-order valence-electron chi connectivity index (χ1n) is 7.56. The van der Waals surface area contributed by atoms with Crippen LogP contribution in [0.25, 0.3) is 0 Å². The fourth-order valence-electron chi connectivity index (χ4n) is 2.52. The Balaban J connectivity index is 2.04. The predicted octanol–water partition coefficient (Wildman–Crippen LogP) is 1.77. The molecule has 0 amide bonds. The van der Waals surface area contributed by atoms with E-state index < -0.39 is 0 Å². The zero-order chi connectivity index (χ0) is 15.2. The van der Waals surface area contributed by atoms with Crippen LogP contribution in [0.2, 0.25) is 0 Å². The molecule has 0 bridgehead atoms. The number of hydrogen-bond acceptors (Lipinski definition) is 4. The Morgan fingerprint density at radius 3 is 2.95 bits per heavy atom. The van der Waals surface area contributed by atoms with Crippen LogP contribution in [0.15, 0.2) is 18.2 Å². The van der Waals surface area contributed by atoms with Gasteiger partial charge in [0.05, 0.1) is 31.5 Å². The molecule has 0 radical (unpaired) electrons.